The molecule has 4 aliphatic rings. The van der Waals surface area contributed by atoms with Crippen molar-refractivity contribution >= 4 is 5.78 Å². The van der Waals surface area contributed by atoms with Crippen molar-refractivity contribution in [3.05, 3.63) is 47.1 Å². The Kier molecular flexibility index (Phi) is 5.09. The highest BCUT2D eigenvalue weighted by Gasteiger charge is 2.53. The summed E-state index contributed by atoms with van der Waals surface area (Å²) in [5, 5.41) is 0. The van der Waals surface area contributed by atoms with Gasteiger partial charge in [-0.3, -0.25) is 4.79 Å². The zero-order valence-corrected chi connectivity index (χ0v) is 18.6. The maximum absolute atomic E-state index is 12.0. The molecule has 0 aromatic rings. The lowest BCUT2D eigenvalue weighted by Gasteiger charge is -2.51. The predicted molar refractivity (Wildman–Crippen MR) is 118 cm³/mol. The first-order valence-electron chi connectivity index (χ1n) is 11.6. The van der Waals surface area contributed by atoms with E-state index in [0.717, 1.165) is 24.7 Å². The third kappa shape index (κ3) is 3.10. The molecule has 0 unspecified atom stereocenters. The Morgan fingerprint density at radius 3 is 2.61 bits per heavy atom. The van der Waals surface area contributed by atoms with Crippen LogP contribution < -0.4 is 0 Å². The summed E-state index contributed by atoms with van der Waals surface area (Å²) in [6.07, 6.45) is 19.7. The standard InChI is InChI=1S/C27H38O/c1-18(2)7-6-8-19(3)23-11-12-24-22-10-9-20-17-21(28)13-15-26(20,4)25(22)14-16-27(23,24)5/h6,8-10,17-19,23,25H,7,11-16H2,1-5H3/b8-6+/t19-,23-,25+,26+,27-/m1/s1. The molecule has 0 N–H and O–H groups in total. The van der Waals surface area contributed by atoms with Crippen LogP contribution >= 0.6 is 0 Å². The number of ketones is 1. The van der Waals surface area contributed by atoms with E-state index in [1.165, 1.54) is 37.7 Å². The molecule has 1 saturated carbocycles. The van der Waals surface area contributed by atoms with E-state index >= 15 is 0 Å². The summed E-state index contributed by atoms with van der Waals surface area (Å²) in [6.45, 7) is 12.0. The lowest BCUT2D eigenvalue weighted by Crippen LogP contribution is -2.41. The molecule has 0 bridgehead atoms. The van der Waals surface area contributed by atoms with Gasteiger partial charge in [0.2, 0.25) is 0 Å². The van der Waals surface area contributed by atoms with Gasteiger partial charge < -0.3 is 0 Å². The summed E-state index contributed by atoms with van der Waals surface area (Å²) in [4.78, 5) is 12.0. The average Bonchev–Trinajstić information content (AvgIpc) is 2.99. The number of hydrogen-bond acceptors (Lipinski definition) is 1. The summed E-state index contributed by atoms with van der Waals surface area (Å²) in [5.74, 6) is 3.10. The third-order valence-electron chi connectivity index (χ3n) is 8.65. The Labute approximate surface area is 172 Å². The van der Waals surface area contributed by atoms with Crippen LogP contribution in [0.3, 0.4) is 0 Å². The molecule has 0 saturated heterocycles. The van der Waals surface area contributed by atoms with Gasteiger partial charge in [-0.1, -0.05) is 64.5 Å². The highest BCUT2D eigenvalue weighted by molar-refractivity contribution is 5.92. The molecule has 0 spiro atoms. The van der Waals surface area contributed by atoms with Gasteiger partial charge in [-0.05, 0) is 90.2 Å². The smallest absolute Gasteiger partial charge is 0.156 e. The van der Waals surface area contributed by atoms with Crippen molar-refractivity contribution in [3.63, 3.8) is 0 Å². The van der Waals surface area contributed by atoms with E-state index < -0.39 is 0 Å². The Morgan fingerprint density at radius 1 is 1.07 bits per heavy atom. The van der Waals surface area contributed by atoms with Crippen molar-refractivity contribution in [3.8, 4) is 0 Å². The molecule has 0 aliphatic heterocycles. The number of carbonyl (C=O) groups excluding carboxylic acids is 1. The van der Waals surface area contributed by atoms with Crippen molar-refractivity contribution in [2.45, 2.75) is 79.6 Å². The Morgan fingerprint density at radius 2 is 1.86 bits per heavy atom. The summed E-state index contributed by atoms with van der Waals surface area (Å²) in [5.41, 5.74) is 5.23. The molecular formula is C27H38O. The van der Waals surface area contributed by atoms with Gasteiger partial charge in [-0.15, -0.1) is 0 Å². The molecule has 1 fully saturated rings. The quantitative estimate of drug-likeness (QED) is 0.472. The van der Waals surface area contributed by atoms with Crippen LogP contribution in [0.25, 0.3) is 0 Å². The van der Waals surface area contributed by atoms with Crippen molar-refractivity contribution < 1.29 is 4.79 Å². The first kappa shape index (κ1) is 19.9. The van der Waals surface area contributed by atoms with Gasteiger partial charge >= 0.3 is 0 Å². The monoisotopic (exact) mass is 378 g/mol. The number of fused-ring (bicyclic) bond motifs is 4. The SMILES string of the molecule is CC(C)C/C=C/[C@@H](C)[C@H]1CCC2=C3C=CC4=CC(=O)CC[C@]4(C)[C@H]3CC[C@@]21C. The Balaban J connectivity index is 1.65. The summed E-state index contributed by atoms with van der Waals surface area (Å²) < 4.78 is 0. The summed E-state index contributed by atoms with van der Waals surface area (Å²) in [7, 11) is 0. The van der Waals surface area contributed by atoms with E-state index in [-0.39, 0.29) is 5.41 Å². The fourth-order valence-corrected chi connectivity index (χ4v) is 6.90. The number of carbonyl (C=O) groups is 1. The van der Waals surface area contributed by atoms with Crippen LogP contribution in [0.4, 0.5) is 0 Å². The van der Waals surface area contributed by atoms with Crippen LogP contribution in [0.1, 0.15) is 79.6 Å². The van der Waals surface area contributed by atoms with Crippen molar-refractivity contribution in [1.82, 2.24) is 0 Å². The third-order valence-corrected chi connectivity index (χ3v) is 8.65. The molecule has 152 valence electrons. The van der Waals surface area contributed by atoms with Crippen molar-refractivity contribution in [1.29, 1.82) is 0 Å². The molecule has 28 heavy (non-hydrogen) atoms. The van der Waals surface area contributed by atoms with Gasteiger partial charge in [0.25, 0.3) is 0 Å². The second-order valence-corrected chi connectivity index (χ2v) is 10.8. The Hall–Kier alpha value is -1.37. The predicted octanol–water partition coefficient (Wildman–Crippen LogP) is 7.21. The van der Waals surface area contributed by atoms with E-state index in [4.69, 9.17) is 0 Å². The van der Waals surface area contributed by atoms with Crippen LogP contribution in [0.15, 0.2) is 47.1 Å². The van der Waals surface area contributed by atoms with Crippen molar-refractivity contribution in [2.24, 2.45) is 34.5 Å². The van der Waals surface area contributed by atoms with E-state index in [9.17, 15) is 4.79 Å². The summed E-state index contributed by atoms with van der Waals surface area (Å²) in [6, 6.07) is 0. The lowest BCUT2D eigenvalue weighted by molar-refractivity contribution is -0.116. The minimum atomic E-state index is 0.174. The molecule has 0 aromatic carbocycles. The van der Waals surface area contributed by atoms with Gasteiger partial charge in [0, 0.05) is 6.42 Å². The number of allylic oxidation sites excluding steroid dienone is 8. The molecule has 1 nitrogen and oxygen atoms in total. The average molecular weight is 379 g/mol. The molecule has 5 atom stereocenters. The van der Waals surface area contributed by atoms with Crippen LogP contribution in [0.2, 0.25) is 0 Å². The normalized spacial score (nSPS) is 38.5. The maximum atomic E-state index is 12.0. The van der Waals surface area contributed by atoms with E-state index in [2.05, 4.69) is 58.9 Å². The fraction of sp³-hybridized carbons (Fsp3) is 0.667. The van der Waals surface area contributed by atoms with E-state index in [0.29, 0.717) is 23.0 Å². The topological polar surface area (TPSA) is 17.1 Å². The van der Waals surface area contributed by atoms with Gasteiger partial charge in [0.15, 0.2) is 5.78 Å². The lowest BCUT2D eigenvalue weighted by atomic mass is 9.53. The molecule has 0 heterocycles. The summed E-state index contributed by atoms with van der Waals surface area (Å²) >= 11 is 0. The first-order chi connectivity index (χ1) is 13.3. The molecular weight excluding hydrogens is 340 g/mol. The molecule has 0 aromatic heterocycles. The zero-order chi connectivity index (χ0) is 20.1. The largest absolute Gasteiger partial charge is 0.295 e. The maximum Gasteiger partial charge on any atom is 0.156 e. The highest BCUT2D eigenvalue weighted by atomic mass is 16.1. The van der Waals surface area contributed by atoms with Crippen molar-refractivity contribution in [2.75, 3.05) is 0 Å². The fourth-order valence-electron chi connectivity index (χ4n) is 6.90. The van der Waals surface area contributed by atoms with Crippen LogP contribution in [-0.2, 0) is 4.79 Å². The van der Waals surface area contributed by atoms with Crippen LogP contribution in [-0.4, -0.2) is 5.78 Å². The van der Waals surface area contributed by atoms with Gasteiger partial charge in [-0.2, -0.15) is 0 Å². The molecule has 4 aliphatic carbocycles. The number of rotatable bonds is 4. The first-order valence-corrected chi connectivity index (χ1v) is 11.6. The second kappa shape index (κ2) is 7.15. The molecule has 0 amide bonds. The molecule has 0 radical (unpaired) electrons. The van der Waals surface area contributed by atoms with Gasteiger partial charge in [0.05, 0.1) is 0 Å². The van der Waals surface area contributed by atoms with Crippen LogP contribution in [0.5, 0.6) is 0 Å². The molecule has 4 rings (SSSR count). The van der Waals surface area contributed by atoms with E-state index in [1.807, 2.05) is 6.08 Å². The minimum Gasteiger partial charge on any atom is -0.295 e. The van der Waals surface area contributed by atoms with E-state index in [1.54, 1.807) is 11.1 Å². The second-order valence-electron chi connectivity index (χ2n) is 10.8. The van der Waals surface area contributed by atoms with Crippen LogP contribution in [0, 0.1) is 34.5 Å². The highest BCUT2D eigenvalue weighted by Crippen LogP contribution is 2.63. The number of hydrogen-bond donors (Lipinski definition) is 0. The minimum absolute atomic E-state index is 0.174. The zero-order valence-electron chi connectivity index (χ0n) is 18.6. The van der Waals surface area contributed by atoms with Gasteiger partial charge in [-0.25, -0.2) is 0 Å². The van der Waals surface area contributed by atoms with Gasteiger partial charge in [0.1, 0.15) is 0 Å². The molecule has 1 heteroatoms. The Bertz CT molecular complexity index is 776.